The van der Waals surface area contributed by atoms with Crippen LogP contribution < -0.4 is 10.9 Å². The Bertz CT molecular complexity index is 783. The van der Waals surface area contributed by atoms with Crippen LogP contribution in [0.1, 0.15) is 10.5 Å². The Kier molecular flexibility index (Phi) is 2.60. The molecule has 0 radical (unpaired) electrons. The van der Waals surface area contributed by atoms with Gasteiger partial charge in [0.15, 0.2) is 0 Å². The molecule has 6 nitrogen and oxygen atoms in total. The number of nitrogens with one attached hydrogen (secondary N) is 3. The van der Waals surface area contributed by atoms with Crippen molar-refractivity contribution in [2.45, 2.75) is 0 Å². The maximum atomic E-state index is 11.9. The Morgan fingerprint density at radius 3 is 2.84 bits per heavy atom. The average Bonchev–Trinajstić information content (AvgIpc) is 2.87. The van der Waals surface area contributed by atoms with E-state index in [4.69, 9.17) is 0 Å². The van der Waals surface area contributed by atoms with Gasteiger partial charge in [-0.2, -0.15) is 5.10 Å². The topological polar surface area (TPSA) is 90.6 Å². The number of fused-ring (bicyclic) bond motifs is 1. The molecule has 1 amide bonds. The molecular weight excluding hydrogens is 244 g/mol. The third-order valence-corrected chi connectivity index (χ3v) is 2.72. The number of rotatable bonds is 2. The summed E-state index contributed by atoms with van der Waals surface area (Å²) < 4.78 is 0. The summed E-state index contributed by atoms with van der Waals surface area (Å²) in [4.78, 5) is 25.8. The number of benzene rings is 1. The van der Waals surface area contributed by atoms with E-state index in [1.807, 2.05) is 24.4 Å². The van der Waals surface area contributed by atoms with Gasteiger partial charge in [0, 0.05) is 28.9 Å². The van der Waals surface area contributed by atoms with Crippen molar-refractivity contribution in [3.05, 3.63) is 58.6 Å². The molecule has 0 aliphatic heterocycles. The molecule has 3 rings (SSSR count). The first-order valence-corrected chi connectivity index (χ1v) is 5.66. The van der Waals surface area contributed by atoms with Gasteiger partial charge in [-0.3, -0.25) is 9.59 Å². The van der Waals surface area contributed by atoms with Gasteiger partial charge in [-0.15, -0.1) is 0 Å². The van der Waals surface area contributed by atoms with Crippen molar-refractivity contribution in [2.75, 3.05) is 5.32 Å². The van der Waals surface area contributed by atoms with Gasteiger partial charge in [0.1, 0.15) is 5.69 Å². The van der Waals surface area contributed by atoms with Crippen molar-refractivity contribution in [2.24, 2.45) is 0 Å². The van der Waals surface area contributed by atoms with Gasteiger partial charge in [0.05, 0.1) is 0 Å². The molecule has 1 aromatic carbocycles. The van der Waals surface area contributed by atoms with Crippen molar-refractivity contribution >= 4 is 22.5 Å². The highest BCUT2D eigenvalue weighted by Gasteiger charge is 2.08. The SMILES string of the molecule is O=C(Nc1ccc2[nH]ccc2c1)c1ccc(=O)[nH]n1. The van der Waals surface area contributed by atoms with Crippen LogP contribution in [0.4, 0.5) is 5.69 Å². The van der Waals surface area contributed by atoms with Crippen LogP contribution in [0.3, 0.4) is 0 Å². The quantitative estimate of drug-likeness (QED) is 0.647. The van der Waals surface area contributed by atoms with Crippen molar-refractivity contribution in [1.82, 2.24) is 15.2 Å². The Hall–Kier alpha value is -2.89. The molecule has 0 unspecified atom stereocenters. The number of aromatic amines is 2. The van der Waals surface area contributed by atoms with E-state index in [0.717, 1.165) is 10.9 Å². The molecular formula is C13H10N4O2. The lowest BCUT2D eigenvalue weighted by molar-refractivity contribution is 0.102. The minimum absolute atomic E-state index is 0.161. The summed E-state index contributed by atoms with van der Waals surface area (Å²) >= 11 is 0. The second kappa shape index (κ2) is 4.41. The Balaban J connectivity index is 1.85. The van der Waals surface area contributed by atoms with Crippen LogP contribution >= 0.6 is 0 Å². The monoisotopic (exact) mass is 254 g/mol. The highest BCUT2D eigenvalue weighted by atomic mass is 16.2. The maximum absolute atomic E-state index is 11.9. The summed E-state index contributed by atoms with van der Waals surface area (Å²) in [6.45, 7) is 0. The van der Waals surface area contributed by atoms with E-state index in [9.17, 15) is 9.59 Å². The van der Waals surface area contributed by atoms with Crippen LogP contribution in [0, 0.1) is 0 Å². The van der Waals surface area contributed by atoms with E-state index in [0.29, 0.717) is 5.69 Å². The number of carbonyl (C=O) groups is 1. The number of anilines is 1. The number of aromatic nitrogens is 3. The molecule has 0 saturated heterocycles. The van der Waals surface area contributed by atoms with Crippen LogP contribution in [0.25, 0.3) is 10.9 Å². The zero-order chi connectivity index (χ0) is 13.2. The number of H-pyrrole nitrogens is 2. The molecule has 3 N–H and O–H groups in total. The van der Waals surface area contributed by atoms with Gasteiger partial charge in [-0.25, -0.2) is 5.10 Å². The largest absolute Gasteiger partial charge is 0.361 e. The van der Waals surface area contributed by atoms with Gasteiger partial charge < -0.3 is 10.3 Å². The van der Waals surface area contributed by atoms with E-state index >= 15 is 0 Å². The molecule has 0 aliphatic rings. The number of amides is 1. The molecule has 19 heavy (non-hydrogen) atoms. The van der Waals surface area contributed by atoms with Crippen molar-refractivity contribution < 1.29 is 4.79 Å². The van der Waals surface area contributed by atoms with Crippen LogP contribution in [-0.2, 0) is 0 Å². The van der Waals surface area contributed by atoms with E-state index in [-0.39, 0.29) is 17.2 Å². The first kappa shape index (κ1) is 11.2. The van der Waals surface area contributed by atoms with Gasteiger partial charge in [-0.05, 0) is 30.3 Å². The summed E-state index contributed by atoms with van der Waals surface area (Å²) in [5, 5.41) is 9.62. The molecule has 2 heterocycles. The van der Waals surface area contributed by atoms with Crippen molar-refractivity contribution in [3.63, 3.8) is 0 Å². The Morgan fingerprint density at radius 1 is 1.16 bits per heavy atom. The van der Waals surface area contributed by atoms with E-state index in [1.165, 1.54) is 12.1 Å². The fourth-order valence-corrected chi connectivity index (χ4v) is 1.80. The normalized spacial score (nSPS) is 10.5. The minimum atomic E-state index is -0.369. The summed E-state index contributed by atoms with van der Waals surface area (Å²) in [6.07, 6.45) is 1.83. The number of carbonyl (C=O) groups excluding carboxylic acids is 1. The van der Waals surface area contributed by atoms with Gasteiger partial charge in [0.25, 0.3) is 11.5 Å². The molecule has 0 bridgehead atoms. The second-order valence-corrected chi connectivity index (χ2v) is 4.04. The first-order chi connectivity index (χ1) is 9.22. The predicted molar refractivity (Wildman–Crippen MR) is 71.1 cm³/mol. The van der Waals surface area contributed by atoms with Gasteiger partial charge in [0.2, 0.25) is 0 Å². The van der Waals surface area contributed by atoms with Crippen LogP contribution in [0.15, 0.2) is 47.4 Å². The van der Waals surface area contributed by atoms with Crippen LogP contribution in [-0.4, -0.2) is 21.1 Å². The third-order valence-electron chi connectivity index (χ3n) is 2.72. The number of hydrogen-bond donors (Lipinski definition) is 3. The fraction of sp³-hybridized carbons (Fsp3) is 0. The average molecular weight is 254 g/mol. The molecule has 2 aromatic heterocycles. The lowest BCUT2D eigenvalue weighted by atomic mass is 10.2. The lowest BCUT2D eigenvalue weighted by Gasteiger charge is -2.04. The smallest absolute Gasteiger partial charge is 0.276 e. The van der Waals surface area contributed by atoms with Crippen molar-refractivity contribution in [1.29, 1.82) is 0 Å². The number of hydrogen-bond acceptors (Lipinski definition) is 3. The van der Waals surface area contributed by atoms with Crippen LogP contribution in [0.2, 0.25) is 0 Å². The molecule has 6 heteroatoms. The fourth-order valence-electron chi connectivity index (χ4n) is 1.80. The molecule has 3 aromatic rings. The number of nitrogens with zero attached hydrogens (tertiary/aromatic N) is 1. The summed E-state index contributed by atoms with van der Waals surface area (Å²) in [7, 11) is 0. The van der Waals surface area contributed by atoms with E-state index < -0.39 is 0 Å². The standard InChI is InChI=1S/C13H10N4O2/c18-12-4-3-11(16-17-12)13(19)15-9-1-2-10-8(7-9)5-6-14-10/h1-7,14H,(H,15,19)(H,17,18). The highest BCUT2D eigenvalue weighted by Crippen LogP contribution is 2.18. The van der Waals surface area contributed by atoms with Crippen molar-refractivity contribution in [3.8, 4) is 0 Å². The molecule has 0 fully saturated rings. The minimum Gasteiger partial charge on any atom is -0.361 e. The van der Waals surface area contributed by atoms with Crippen LogP contribution in [0.5, 0.6) is 0 Å². The Labute approximate surface area is 107 Å². The molecule has 0 spiro atoms. The summed E-state index contributed by atoms with van der Waals surface area (Å²) in [5.41, 5.74) is 1.49. The second-order valence-electron chi connectivity index (χ2n) is 4.04. The zero-order valence-corrected chi connectivity index (χ0v) is 9.81. The van der Waals surface area contributed by atoms with Gasteiger partial charge >= 0.3 is 0 Å². The molecule has 0 saturated carbocycles. The summed E-state index contributed by atoms with van der Waals surface area (Å²) in [5.74, 6) is -0.369. The predicted octanol–water partition coefficient (Wildman–Crippen LogP) is 1.50. The van der Waals surface area contributed by atoms with E-state index in [1.54, 1.807) is 6.07 Å². The van der Waals surface area contributed by atoms with E-state index in [2.05, 4.69) is 20.5 Å². The van der Waals surface area contributed by atoms with Gasteiger partial charge in [-0.1, -0.05) is 0 Å². The summed E-state index contributed by atoms with van der Waals surface area (Å²) in [6, 6.07) is 10.1. The zero-order valence-electron chi connectivity index (χ0n) is 9.81. The molecule has 0 atom stereocenters. The first-order valence-electron chi connectivity index (χ1n) is 5.66. The highest BCUT2D eigenvalue weighted by molar-refractivity contribution is 6.03. The third kappa shape index (κ3) is 2.23. The molecule has 94 valence electrons. The lowest BCUT2D eigenvalue weighted by Crippen LogP contribution is -2.17. The maximum Gasteiger partial charge on any atom is 0.276 e. The molecule has 0 aliphatic carbocycles. The Morgan fingerprint density at radius 2 is 2.05 bits per heavy atom.